The van der Waals surface area contributed by atoms with Crippen molar-refractivity contribution < 1.29 is 4.74 Å². The van der Waals surface area contributed by atoms with Gasteiger partial charge in [-0.3, -0.25) is 4.68 Å². The van der Waals surface area contributed by atoms with Gasteiger partial charge in [0.1, 0.15) is 5.82 Å². The Hall–Kier alpha value is -1.66. The Balaban J connectivity index is 2.08. The van der Waals surface area contributed by atoms with Gasteiger partial charge >= 0.3 is 0 Å². The van der Waals surface area contributed by atoms with Crippen LogP contribution < -0.4 is 5.32 Å². The molecular formula is C15H25N5O. The van der Waals surface area contributed by atoms with Crippen molar-refractivity contribution in [3.8, 4) is 0 Å². The molecule has 0 aromatic carbocycles. The lowest BCUT2D eigenvalue weighted by molar-refractivity contribution is 0.199. The van der Waals surface area contributed by atoms with E-state index in [-0.39, 0.29) is 0 Å². The molecule has 0 unspecified atom stereocenters. The third kappa shape index (κ3) is 3.71. The Morgan fingerprint density at radius 3 is 2.86 bits per heavy atom. The van der Waals surface area contributed by atoms with Crippen molar-refractivity contribution in [2.45, 2.75) is 40.4 Å². The van der Waals surface area contributed by atoms with Crippen molar-refractivity contribution in [1.29, 1.82) is 0 Å². The minimum Gasteiger partial charge on any atom is -0.383 e. The van der Waals surface area contributed by atoms with Crippen molar-refractivity contribution in [2.24, 2.45) is 0 Å². The molecule has 1 N–H and O–H groups in total. The summed E-state index contributed by atoms with van der Waals surface area (Å²) in [5.74, 6) is 1.04. The maximum absolute atomic E-state index is 5.05. The molecule has 0 saturated heterocycles. The molecule has 21 heavy (non-hydrogen) atoms. The van der Waals surface area contributed by atoms with Crippen LogP contribution in [0, 0.1) is 13.8 Å². The van der Waals surface area contributed by atoms with E-state index in [1.54, 1.807) is 7.11 Å². The van der Waals surface area contributed by atoms with Crippen LogP contribution in [-0.2, 0) is 24.4 Å². The zero-order valence-electron chi connectivity index (χ0n) is 13.4. The third-order valence-electron chi connectivity index (χ3n) is 3.75. The Morgan fingerprint density at radius 1 is 1.33 bits per heavy atom. The lowest BCUT2D eigenvalue weighted by atomic mass is 10.2. The third-order valence-corrected chi connectivity index (χ3v) is 3.75. The zero-order chi connectivity index (χ0) is 15.2. The average Bonchev–Trinajstić information content (AvgIpc) is 3.02. The first-order valence-corrected chi connectivity index (χ1v) is 7.39. The molecule has 0 bridgehead atoms. The Morgan fingerprint density at radius 2 is 2.14 bits per heavy atom. The fourth-order valence-electron chi connectivity index (χ4n) is 2.44. The summed E-state index contributed by atoms with van der Waals surface area (Å²) in [5.41, 5.74) is 3.54. The monoisotopic (exact) mass is 291 g/mol. The lowest BCUT2D eigenvalue weighted by Crippen LogP contribution is -2.19. The highest BCUT2D eigenvalue weighted by atomic mass is 16.5. The standard InChI is InChI=1S/C15H25N5O/c1-5-19-8-6-17-15(19)11-20-13(3)14(12(2)18-20)10-16-7-9-21-4/h6,8,16H,5,7,9-11H2,1-4H3. The Kier molecular flexibility index (Phi) is 5.52. The minimum atomic E-state index is 0.714. The molecule has 2 aromatic heterocycles. The van der Waals surface area contributed by atoms with Gasteiger partial charge in [-0.05, 0) is 20.8 Å². The number of imidazole rings is 1. The molecule has 0 aliphatic carbocycles. The summed E-state index contributed by atoms with van der Waals surface area (Å²) in [4.78, 5) is 4.42. The molecular weight excluding hydrogens is 266 g/mol. The molecule has 2 heterocycles. The van der Waals surface area contributed by atoms with Gasteiger partial charge in [-0.1, -0.05) is 0 Å². The van der Waals surface area contributed by atoms with E-state index in [1.165, 1.54) is 11.3 Å². The molecule has 0 saturated carbocycles. The first-order chi connectivity index (χ1) is 10.2. The highest BCUT2D eigenvalue weighted by Crippen LogP contribution is 2.14. The van der Waals surface area contributed by atoms with E-state index in [2.05, 4.69) is 40.7 Å². The van der Waals surface area contributed by atoms with Crippen molar-refractivity contribution in [3.05, 3.63) is 35.2 Å². The van der Waals surface area contributed by atoms with Crippen molar-refractivity contribution in [3.63, 3.8) is 0 Å². The number of rotatable bonds is 8. The van der Waals surface area contributed by atoms with Crippen LogP contribution in [0.3, 0.4) is 0 Å². The first kappa shape index (κ1) is 15.7. The maximum Gasteiger partial charge on any atom is 0.130 e. The van der Waals surface area contributed by atoms with Gasteiger partial charge in [0.05, 0.1) is 18.8 Å². The molecule has 0 spiro atoms. The van der Waals surface area contributed by atoms with Crippen LogP contribution in [-0.4, -0.2) is 39.6 Å². The molecule has 0 radical (unpaired) electrons. The van der Waals surface area contributed by atoms with E-state index in [4.69, 9.17) is 4.74 Å². The van der Waals surface area contributed by atoms with Crippen LogP contribution in [0.4, 0.5) is 0 Å². The number of nitrogens with zero attached hydrogens (tertiary/aromatic N) is 4. The normalized spacial score (nSPS) is 11.2. The minimum absolute atomic E-state index is 0.714. The second kappa shape index (κ2) is 7.38. The van der Waals surface area contributed by atoms with Gasteiger partial charge in [-0.2, -0.15) is 5.10 Å². The van der Waals surface area contributed by atoms with Gasteiger partial charge in [-0.25, -0.2) is 4.98 Å². The number of ether oxygens (including phenoxy) is 1. The van der Waals surface area contributed by atoms with E-state index in [1.807, 2.05) is 17.1 Å². The fraction of sp³-hybridized carbons (Fsp3) is 0.600. The molecule has 6 heteroatoms. The number of nitrogens with one attached hydrogen (secondary N) is 1. The molecule has 0 aliphatic rings. The zero-order valence-corrected chi connectivity index (χ0v) is 13.4. The summed E-state index contributed by atoms with van der Waals surface area (Å²) in [6.45, 7) is 10.3. The lowest BCUT2D eigenvalue weighted by Gasteiger charge is -2.08. The van der Waals surface area contributed by atoms with Crippen LogP contribution in [0.25, 0.3) is 0 Å². The average molecular weight is 291 g/mol. The molecule has 6 nitrogen and oxygen atoms in total. The van der Waals surface area contributed by atoms with Crippen molar-refractivity contribution in [1.82, 2.24) is 24.6 Å². The van der Waals surface area contributed by atoms with E-state index in [9.17, 15) is 0 Å². The smallest absolute Gasteiger partial charge is 0.130 e. The molecule has 0 fully saturated rings. The van der Waals surface area contributed by atoms with E-state index >= 15 is 0 Å². The number of aromatic nitrogens is 4. The number of methoxy groups -OCH3 is 1. The molecule has 2 aromatic rings. The van der Waals surface area contributed by atoms with Crippen LogP contribution in [0.2, 0.25) is 0 Å². The Bertz CT molecular complexity index is 573. The Labute approximate surface area is 126 Å². The first-order valence-electron chi connectivity index (χ1n) is 7.39. The van der Waals surface area contributed by atoms with Gasteiger partial charge in [0, 0.05) is 50.4 Å². The quantitative estimate of drug-likeness (QED) is 0.749. The number of hydrogen-bond donors (Lipinski definition) is 1. The van der Waals surface area contributed by atoms with Gasteiger partial charge in [0.25, 0.3) is 0 Å². The molecule has 0 amide bonds. The molecule has 2 rings (SSSR count). The van der Waals surface area contributed by atoms with E-state index < -0.39 is 0 Å². The summed E-state index contributed by atoms with van der Waals surface area (Å²) in [5, 5.41) is 8.03. The summed E-state index contributed by atoms with van der Waals surface area (Å²) < 4.78 is 9.23. The van der Waals surface area contributed by atoms with Crippen LogP contribution >= 0.6 is 0 Å². The number of aryl methyl sites for hydroxylation is 2. The maximum atomic E-state index is 5.05. The van der Waals surface area contributed by atoms with E-state index in [0.717, 1.165) is 37.8 Å². The summed E-state index contributed by atoms with van der Waals surface area (Å²) in [6, 6.07) is 0. The largest absolute Gasteiger partial charge is 0.383 e. The highest BCUT2D eigenvalue weighted by molar-refractivity contribution is 5.24. The molecule has 0 atom stereocenters. The van der Waals surface area contributed by atoms with Crippen LogP contribution in [0.15, 0.2) is 12.4 Å². The number of hydrogen-bond acceptors (Lipinski definition) is 4. The summed E-state index contributed by atoms with van der Waals surface area (Å²) in [6.07, 6.45) is 3.85. The van der Waals surface area contributed by atoms with Crippen molar-refractivity contribution in [2.75, 3.05) is 20.3 Å². The molecule has 0 aliphatic heterocycles. The van der Waals surface area contributed by atoms with E-state index in [0.29, 0.717) is 6.54 Å². The topological polar surface area (TPSA) is 56.9 Å². The van der Waals surface area contributed by atoms with Gasteiger partial charge < -0.3 is 14.6 Å². The molecule has 116 valence electrons. The van der Waals surface area contributed by atoms with Gasteiger partial charge in [0.15, 0.2) is 0 Å². The highest BCUT2D eigenvalue weighted by Gasteiger charge is 2.13. The van der Waals surface area contributed by atoms with Crippen LogP contribution in [0.1, 0.15) is 29.7 Å². The van der Waals surface area contributed by atoms with Crippen molar-refractivity contribution >= 4 is 0 Å². The second-order valence-corrected chi connectivity index (χ2v) is 5.11. The SMILES string of the molecule is CCn1ccnc1Cn1nc(C)c(CNCCOC)c1C. The predicted molar refractivity (Wildman–Crippen MR) is 82.3 cm³/mol. The summed E-state index contributed by atoms with van der Waals surface area (Å²) >= 11 is 0. The van der Waals surface area contributed by atoms with Gasteiger partial charge in [-0.15, -0.1) is 0 Å². The predicted octanol–water partition coefficient (Wildman–Crippen LogP) is 1.50. The second-order valence-electron chi connectivity index (χ2n) is 5.11. The summed E-state index contributed by atoms with van der Waals surface area (Å²) in [7, 11) is 1.71. The van der Waals surface area contributed by atoms with Gasteiger partial charge in [0.2, 0.25) is 0 Å². The fourth-order valence-corrected chi connectivity index (χ4v) is 2.44. The van der Waals surface area contributed by atoms with Crippen LogP contribution in [0.5, 0.6) is 0 Å².